The van der Waals surface area contributed by atoms with Gasteiger partial charge in [0.1, 0.15) is 5.82 Å². The van der Waals surface area contributed by atoms with E-state index in [1.807, 2.05) is 4.68 Å². The summed E-state index contributed by atoms with van der Waals surface area (Å²) in [5.41, 5.74) is 2.51. The van der Waals surface area contributed by atoms with Crippen LogP contribution in [0.2, 0.25) is 0 Å². The Balaban J connectivity index is 1.80. The number of anilines is 1. The molecule has 1 N–H and O–H groups in total. The Morgan fingerprint density at radius 3 is 2.70 bits per heavy atom. The van der Waals surface area contributed by atoms with Gasteiger partial charge in [-0.1, -0.05) is 0 Å². The molecule has 0 bridgehead atoms. The van der Waals surface area contributed by atoms with Crippen LogP contribution in [-0.2, 0) is 18.3 Å². The predicted octanol–water partition coefficient (Wildman–Crippen LogP) is 1.60. The zero-order chi connectivity index (χ0) is 14.1. The molecule has 112 valence electrons. The minimum absolute atomic E-state index is 0.680. The van der Waals surface area contributed by atoms with Crippen molar-refractivity contribution < 1.29 is 4.74 Å². The van der Waals surface area contributed by atoms with Gasteiger partial charge in [-0.25, -0.2) is 0 Å². The van der Waals surface area contributed by atoms with Crippen molar-refractivity contribution in [2.75, 3.05) is 25.2 Å². The van der Waals surface area contributed by atoms with Crippen LogP contribution in [0.1, 0.15) is 36.9 Å². The van der Waals surface area contributed by atoms with Gasteiger partial charge < -0.3 is 15.0 Å². The lowest BCUT2D eigenvalue weighted by Gasteiger charge is -2.25. The Hall–Kier alpha value is -1.07. The molecule has 0 aromatic carbocycles. The normalized spacial score (nSPS) is 18.6. The van der Waals surface area contributed by atoms with Gasteiger partial charge in [-0.15, -0.1) is 0 Å². The molecule has 0 unspecified atom stereocenters. The maximum Gasteiger partial charge on any atom is 0.131 e. The zero-order valence-electron chi connectivity index (χ0n) is 12.9. The lowest BCUT2D eigenvalue weighted by Crippen LogP contribution is -2.32. The van der Waals surface area contributed by atoms with Crippen molar-refractivity contribution in [2.24, 2.45) is 7.05 Å². The molecule has 1 heterocycles. The largest absolute Gasteiger partial charge is 0.383 e. The van der Waals surface area contributed by atoms with Crippen molar-refractivity contribution in [3.8, 4) is 0 Å². The van der Waals surface area contributed by atoms with Gasteiger partial charge in [0.15, 0.2) is 0 Å². The van der Waals surface area contributed by atoms with Gasteiger partial charge in [0.05, 0.1) is 12.3 Å². The summed E-state index contributed by atoms with van der Waals surface area (Å²) in [4.78, 5) is 2.49. The monoisotopic (exact) mass is 278 g/mol. The Morgan fingerprint density at radius 2 is 2.10 bits per heavy atom. The molecule has 5 nitrogen and oxygen atoms in total. The molecule has 0 aliphatic heterocycles. The van der Waals surface area contributed by atoms with E-state index in [1.165, 1.54) is 37.1 Å². The van der Waals surface area contributed by atoms with Crippen LogP contribution in [0.25, 0.3) is 0 Å². The van der Waals surface area contributed by atoms with Crippen LogP contribution in [0.4, 0.5) is 5.82 Å². The molecule has 2 aliphatic carbocycles. The van der Waals surface area contributed by atoms with Crippen molar-refractivity contribution >= 4 is 5.82 Å². The third-order valence-electron chi connectivity index (χ3n) is 4.25. The number of ether oxygens (including phenoxy) is 1. The fourth-order valence-electron chi connectivity index (χ4n) is 2.83. The van der Waals surface area contributed by atoms with E-state index in [4.69, 9.17) is 4.74 Å². The summed E-state index contributed by atoms with van der Waals surface area (Å²) in [6, 6.07) is 1.41. The molecule has 2 aliphatic rings. The minimum Gasteiger partial charge on any atom is -0.383 e. The van der Waals surface area contributed by atoms with E-state index in [-0.39, 0.29) is 0 Å². The average Bonchev–Trinajstić information content (AvgIpc) is 3.29. The van der Waals surface area contributed by atoms with Crippen molar-refractivity contribution in [2.45, 2.75) is 51.2 Å². The first-order valence-electron chi connectivity index (χ1n) is 7.72. The van der Waals surface area contributed by atoms with Crippen LogP contribution in [0.5, 0.6) is 0 Å². The average molecular weight is 278 g/mol. The van der Waals surface area contributed by atoms with Crippen molar-refractivity contribution in [3.05, 3.63) is 11.3 Å². The second kappa shape index (κ2) is 5.74. The zero-order valence-corrected chi connectivity index (χ0v) is 12.9. The quantitative estimate of drug-likeness (QED) is 0.784. The van der Waals surface area contributed by atoms with Crippen LogP contribution in [0, 0.1) is 6.92 Å². The summed E-state index contributed by atoms with van der Waals surface area (Å²) in [6.45, 7) is 4.79. The molecule has 20 heavy (non-hydrogen) atoms. The van der Waals surface area contributed by atoms with Crippen molar-refractivity contribution in [1.82, 2.24) is 15.1 Å². The lowest BCUT2D eigenvalue weighted by atomic mass is 10.2. The molecule has 0 radical (unpaired) electrons. The lowest BCUT2D eigenvalue weighted by molar-refractivity contribution is 0.204. The Kier molecular flexibility index (Phi) is 3.98. The third kappa shape index (κ3) is 2.99. The van der Waals surface area contributed by atoms with Crippen LogP contribution in [0.3, 0.4) is 0 Å². The maximum atomic E-state index is 5.28. The highest BCUT2D eigenvalue weighted by Gasteiger charge is 2.33. The van der Waals surface area contributed by atoms with Gasteiger partial charge in [0.25, 0.3) is 0 Å². The van der Waals surface area contributed by atoms with E-state index >= 15 is 0 Å². The van der Waals surface area contributed by atoms with E-state index in [2.05, 4.69) is 29.3 Å². The summed E-state index contributed by atoms with van der Waals surface area (Å²) in [6.07, 6.45) is 5.24. The molecular weight excluding hydrogens is 252 g/mol. The summed E-state index contributed by atoms with van der Waals surface area (Å²) in [5.74, 6) is 1.29. The van der Waals surface area contributed by atoms with E-state index < -0.39 is 0 Å². The number of aryl methyl sites for hydroxylation is 2. The summed E-state index contributed by atoms with van der Waals surface area (Å²) >= 11 is 0. The molecule has 0 amide bonds. The number of nitrogens with one attached hydrogen (secondary N) is 1. The van der Waals surface area contributed by atoms with Crippen LogP contribution < -0.4 is 10.2 Å². The van der Waals surface area contributed by atoms with Crippen LogP contribution in [0.15, 0.2) is 0 Å². The number of nitrogens with zero attached hydrogens (tertiary/aromatic N) is 3. The number of rotatable bonds is 8. The highest BCUT2D eigenvalue weighted by atomic mass is 16.5. The number of hydrogen-bond acceptors (Lipinski definition) is 4. The van der Waals surface area contributed by atoms with E-state index in [9.17, 15) is 0 Å². The van der Waals surface area contributed by atoms with Gasteiger partial charge in [0, 0.05) is 44.9 Å². The summed E-state index contributed by atoms with van der Waals surface area (Å²) < 4.78 is 7.33. The van der Waals surface area contributed by atoms with Gasteiger partial charge in [0.2, 0.25) is 0 Å². The number of hydrogen-bond donors (Lipinski definition) is 1. The molecule has 0 saturated heterocycles. The van der Waals surface area contributed by atoms with Gasteiger partial charge in [-0.2, -0.15) is 5.10 Å². The van der Waals surface area contributed by atoms with E-state index in [0.717, 1.165) is 31.4 Å². The van der Waals surface area contributed by atoms with Gasteiger partial charge >= 0.3 is 0 Å². The summed E-state index contributed by atoms with van der Waals surface area (Å²) in [5, 5.41) is 8.27. The Bertz CT molecular complexity index is 463. The maximum absolute atomic E-state index is 5.28. The smallest absolute Gasteiger partial charge is 0.131 e. The second-order valence-corrected chi connectivity index (χ2v) is 6.08. The standard InChI is InChI=1S/C15H26N4O/c1-11-14(10-16-12-4-5-12)15(18(2)17-11)19(8-9-20-3)13-6-7-13/h12-13,16H,4-10H2,1-3H3. The van der Waals surface area contributed by atoms with E-state index in [1.54, 1.807) is 7.11 Å². The first-order valence-corrected chi connectivity index (χ1v) is 7.72. The SMILES string of the molecule is COCCN(c1c(CNC2CC2)c(C)nn1C)C1CC1. The molecule has 1 aromatic heterocycles. The molecule has 0 atom stereocenters. The number of aromatic nitrogens is 2. The molecule has 0 spiro atoms. The topological polar surface area (TPSA) is 42.3 Å². The van der Waals surface area contributed by atoms with Gasteiger partial charge in [-0.05, 0) is 32.6 Å². The highest BCUT2D eigenvalue weighted by Crippen LogP contribution is 2.34. The first-order chi connectivity index (χ1) is 9.70. The second-order valence-electron chi connectivity index (χ2n) is 6.08. The molecule has 5 heteroatoms. The molecular formula is C15H26N4O. The fraction of sp³-hybridized carbons (Fsp3) is 0.800. The minimum atomic E-state index is 0.680. The highest BCUT2D eigenvalue weighted by molar-refractivity contribution is 5.52. The molecule has 2 saturated carbocycles. The molecule has 1 aromatic rings. The fourth-order valence-corrected chi connectivity index (χ4v) is 2.83. The van der Waals surface area contributed by atoms with Crippen LogP contribution >= 0.6 is 0 Å². The van der Waals surface area contributed by atoms with Crippen molar-refractivity contribution in [1.29, 1.82) is 0 Å². The molecule has 2 fully saturated rings. The third-order valence-corrected chi connectivity index (χ3v) is 4.25. The van der Waals surface area contributed by atoms with Crippen LogP contribution in [-0.4, -0.2) is 42.1 Å². The van der Waals surface area contributed by atoms with E-state index in [0.29, 0.717) is 6.04 Å². The number of methoxy groups -OCH3 is 1. The van der Waals surface area contributed by atoms with Crippen molar-refractivity contribution in [3.63, 3.8) is 0 Å². The summed E-state index contributed by atoms with van der Waals surface area (Å²) in [7, 11) is 3.83. The Labute approximate surface area is 121 Å². The molecule has 3 rings (SSSR count). The Morgan fingerprint density at radius 1 is 1.35 bits per heavy atom. The predicted molar refractivity (Wildman–Crippen MR) is 80.1 cm³/mol. The first kappa shape index (κ1) is 13.9. The van der Waals surface area contributed by atoms with Gasteiger partial charge in [-0.3, -0.25) is 4.68 Å².